The van der Waals surface area contributed by atoms with Gasteiger partial charge in [-0.05, 0) is 42.9 Å². The van der Waals surface area contributed by atoms with E-state index in [0.29, 0.717) is 23.9 Å². The molecule has 0 heterocycles. The van der Waals surface area contributed by atoms with Gasteiger partial charge in [0.15, 0.2) is 0 Å². The Morgan fingerprint density at radius 2 is 1.95 bits per heavy atom. The molecule has 0 spiro atoms. The van der Waals surface area contributed by atoms with E-state index in [4.69, 9.17) is 16.7 Å². The Bertz CT molecular complexity index is 500. The number of carbonyl (C=O) groups excluding carboxylic acids is 1. The monoisotopic (exact) mass is 310 g/mol. The third kappa shape index (κ3) is 5.63. The SMILES string of the molecule is O=C(O)CC(NC(=O)NCCc1ccc(Cl)cc1)C1CC1. The van der Waals surface area contributed by atoms with Crippen LogP contribution in [0.1, 0.15) is 24.8 Å². The largest absolute Gasteiger partial charge is 0.481 e. The maximum atomic E-state index is 11.8. The molecule has 1 atom stereocenters. The van der Waals surface area contributed by atoms with E-state index in [0.717, 1.165) is 18.4 Å². The lowest BCUT2D eigenvalue weighted by Crippen LogP contribution is -2.44. The zero-order valence-electron chi connectivity index (χ0n) is 11.6. The molecule has 0 saturated heterocycles. The second kappa shape index (κ2) is 7.31. The summed E-state index contributed by atoms with van der Waals surface area (Å²) in [7, 11) is 0. The molecule has 1 saturated carbocycles. The highest BCUT2D eigenvalue weighted by atomic mass is 35.5. The second-order valence-corrected chi connectivity index (χ2v) is 5.75. The van der Waals surface area contributed by atoms with Crippen LogP contribution in [0.15, 0.2) is 24.3 Å². The average Bonchev–Trinajstić information content (AvgIpc) is 3.24. The summed E-state index contributed by atoms with van der Waals surface area (Å²) in [5.41, 5.74) is 1.09. The first-order valence-corrected chi connectivity index (χ1v) is 7.43. The molecule has 2 amide bonds. The summed E-state index contributed by atoms with van der Waals surface area (Å²) in [6.07, 6.45) is 2.67. The zero-order valence-corrected chi connectivity index (χ0v) is 12.4. The van der Waals surface area contributed by atoms with Gasteiger partial charge < -0.3 is 15.7 Å². The molecule has 3 N–H and O–H groups in total. The number of benzene rings is 1. The van der Waals surface area contributed by atoms with E-state index in [1.807, 2.05) is 24.3 Å². The molecule has 1 aromatic carbocycles. The van der Waals surface area contributed by atoms with Crippen LogP contribution < -0.4 is 10.6 Å². The van der Waals surface area contributed by atoms with E-state index < -0.39 is 5.97 Å². The molecule has 2 rings (SSSR count). The van der Waals surface area contributed by atoms with Crippen LogP contribution in [-0.4, -0.2) is 29.7 Å². The zero-order chi connectivity index (χ0) is 15.2. The molecule has 1 aliphatic rings. The highest BCUT2D eigenvalue weighted by Crippen LogP contribution is 2.33. The van der Waals surface area contributed by atoms with Gasteiger partial charge in [0.2, 0.25) is 0 Å². The van der Waals surface area contributed by atoms with Gasteiger partial charge in [0.25, 0.3) is 0 Å². The van der Waals surface area contributed by atoms with E-state index in [1.54, 1.807) is 0 Å². The minimum absolute atomic E-state index is 0.0186. The number of nitrogens with one attached hydrogen (secondary N) is 2. The number of carboxylic acids is 1. The lowest BCUT2D eigenvalue weighted by Gasteiger charge is -2.16. The number of hydrogen-bond donors (Lipinski definition) is 3. The maximum Gasteiger partial charge on any atom is 0.315 e. The van der Waals surface area contributed by atoms with Crippen LogP contribution in [0.2, 0.25) is 5.02 Å². The first-order chi connectivity index (χ1) is 10.0. The van der Waals surface area contributed by atoms with Gasteiger partial charge in [0, 0.05) is 17.6 Å². The van der Waals surface area contributed by atoms with Gasteiger partial charge in [0.1, 0.15) is 0 Å². The summed E-state index contributed by atoms with van der Waals surface area (Å²) in [6.45, 7) is 0.498. The average molecular weight is 311 g/mol. The molecule has 5 nitrogen and oxygen atoms in total. The molecule has 0 radical (unpaired) electrons. The predicted molar refractivity (Wildman–Crippen MR) is 80.5 cm³/mol. The van der Waals surface area contributed by atoms with Gasteiger partial charge in [-0.1, -0.05) is 23.7 Å². The van der Waals surface area contributed by atoms with E-state index >= 15 is 0 Å². The lowest BCUT2D eigenvalue weighted by atomic mass is 10.1. The van der Waals surface area contributed by atoms with Gasteiger partial charge in [-0.25, -0.2) is 4.79 Å². The van der Waals surface area contributed by atoms with Crippen LogP contribution in [0.4, 0.5) is 4.79 Å². The maximum absolute atomic E-state index is 11.8. The topological polar surface area (TPSA) is 78.4 Å². The van der Waals surface area contributed by atoms with Crippen LogP contribution in [0.3, 0.4) is 0 Å². The van der Waals surface area contributed by atoms with E-state index in [1.165, 1.54) is 0 Å². The summed E-state index contributed by atoms with van der Waals surface area (Å²) in [5, 5.41) is 15.0. The van der Waals surface area contributed by atoms with Crippen LogP contribution in [0.25, 0.3) is 0 Å². The fourth-order valence-corrected chi connectivity index (χ4v) is 2.34. The lowest BCUT2D eigenvalue weighted by molar-refractivity contribution is -0.137. The third-order valence-corrected chi connectivity index (χ3v) is 3.77. The van der Waals surface area contributed by atoms with Crippen LogP contribution >= 0.6 is 11.6 Å². The van der Waals surface area contributed by atoms with Crippen molar-refractivity contribution in [2.75, 3.05) is 6.54 Å². The van der Waals surface area contributed by atoms with Gasteiger partial charge in [-0.3, -0.25) is 4.79 Å². The van der Waals surface area contributed by atoms with Crippen LogP contribution in [0, 0.1) is 5.92 Å². The van der Waals surface area contributed by atoms with E-state index in [-0.39, 0.29) is 18.5 Å². The fraction of sp³-hybridized carbons (Fsp3) is 0.467. The first kappa shape index (κ1) is 15.6. The van der Waals surface area contributed by atoms with Crippen molar-refractivity contribution >= 4 is 23.6 Å². The molecule has 1 fully saturated rings. The van der Waals surface area contributed by atoms with Gasteiger partial charge in [-0.15, -0.1) is 0 Å². The molecule has 21 heavy (non-hydrogen) atoms. The Kier molecular flexibility index (Phi) is 5.44. The Morgan fingerprint density at radius 1 is 1.29 bits per heavy atom. The number of amides is 2. The number of rotatable bonds is 7. The molecule has 0 bridgehead atoms. The molecule has 1 aromatic rings. The summed E-state index contributed by atoms with van der Waals surface area (Å²) < 4.78 is 0. The third-order valence-electron chi connectivity index (χ3n) is 3.51. The second-order valence-electron chi connectivity index (χ2n) is 5.32. The first-order valence-electron chi connectivity index (χ1n) is 7.05. The molecule has 114 valence electrons. The van der Waals surface area contributed by atoms with Gasteiger partial charge >= 0.3 is 12.0 Å². The minimum Gasteiger partial charge on any atom is -0.481 e. The van der Waals surface area contributed by atoms with E-state index in [9.17, 15) is 9.59 Å². The van der Waals surface area contributed by atoms with Crippen molar-refractivity contribution in [2.24, 2.45) is 5.92 Å². The number of carbonyl (C=O) groups is 2. The fourth-order valence-electron chi connectivity index (χ4n) is 2.21. The summed E-state index contributed by atoms with van der Waals surface area (Å²) in [4.78, 5) is 22.5. The van der Waals surface area contributed by atoms with Crippen LogP contribution in [-0.2, 0) is 11.2 Å². The summed E-state index contributed by atoms with van der Waals surface area (Å²) in [6, 6.07) is 6.89. The van der Waals surface area contributed by atoms with E-state index in [2.05, 4.69) is 10.6 Å². The molecule has 1 unspecified atom stereocenters. The highest BCUT2D eigenvalue weighted by Gasteiger charge is 2.33. The van der Waals surface area contributed by atoms with Crippen molar-refractivity contribution in [1.29, 1.82) is 0 Å². The number of hydrogen-bond acceptors (Lipinski definition) is 2. The van der Waals surface area contributed by atoms with Crippen molar-refractivity contribution < 1.29 is 14.7 Å². The molecular formula is C15H19ClN2O3. The Morgan fingerprint density at radius 3 is 2.52 bits per heavy atom. The van der Waals surface area contributed by atoms with Crippen molar-refractivity contribution in [3.8, 4) is 0 Å². The number of carboxylic acid groups (broad SMARTS) is 1. The number of urea groups is 1. The van der Waals surface area contributed by atoms with Crippen molar-refractivity contribution in [3.05, 3.63) is 34.9 Å². The predicted octanol–water partition coefficient (Wildman–Crippen LogP) is 2.44. The number of halogens is 1. The molecule has 0 aliphatic heterocycles. The Hall–Kier alpha value is -1.75. The molecule has 6 heteroatoms. The molecular weight excluding hydrogens is 292 g/mol. The quantitative estimate of drug-likeness (QED) is 0.724. The van der Waals surface area contributed by atoms with Crippen molar-refractivity contribution in [1.82, 2.24) is 10.6 Å². The standard InChI is InChI=1S/C15H19ClN2O3/c16-12-5-1-10(2-6-12)7-8-17-15(21)18-13(9-14(19)20)11-3-4-11/h1-2,5-6,11,13H,3-4,7-9H2,(H,19,20)(H2,17,18,21). The smallest absolute Gasteiger partial charge is 0.315 e. The highest BCUT2D eigenvalue weighted by molar-refractivity contribution is 6.30. The van der Waals surface area contributed by atoms with Crippen LogP contribution in [0.5, 0.6) is 0 Å². The van der Waals surface area contributed by atoms with Gasteiger partial charge in [-0.2, -0.15) is 0 Å². The normalized spacial score (nSPS) is 15.3. The summed E-state index contributed by atoms with van der Waals surface area (Å²) >= 11 is 5.80. The van der Waals surface area contributed by atoms with Crippen molar-refractivity contribution in [3.63, 3.8) is 0 Å². The molecule has 0 aromatic heterocycles. The Balaban J connectivity index is 1.71. The van der Waals surface area contributed by atoms with Crippen molar-refractivity contribution in [2.45, 2.75) is 31.7 Å². The summed E-state index contributed by atoms with van der Waals surface area (Å²) in [5.74, 6) is -0.573. The Labute approximate surface area is 128 Å². The van der Waals surface area contributed by atoms with Gasteiger partial charge in [0.05, 0.1) is 6.42 Å². The molecule has 1 aliphatic carbocycles. The minimum atomic E-state index is -0.881. The number of aliphatic carboxylic acids is 1.